The fourth-order valence-corrected chi connectivity index (χ4v) is 9.55. The minimum Gasteiger partial charge on any atom is -0.486 e. The Balaban J connectivity index is 0.000000206. The molecule has 0 saturated carbocycles. The Morgan fingerprint density at radius 1 is 0.625 bits per heavy atom. The number of aromatic nitrogens is 4. The summed E-state index contributed by atoms with van der Waals surface area (Å²) < 4.78 is 50.6. The van der Waals surface area contributed by atoms with Gasteiger partial charge in [0.05, 0.1) is 86.2 Å². The third-order valence-corrected chi connectivity index (χ3v) is 13.3. The molecule has 4 fully saturated rings. The van der Waals surface area contributed by atoms with Crippen LogP contribution in [-0.2, 0) is 9.47 Å². The number of hydrogen-bond acceptors (Lipinski definition) is 14. The number of anilines is 2. The smallest absolute Gasteiger partial charge is 0.254 e. The van der Waals surface area contributed by atoms with E-state index in [0.717, 1.165) is 63.5 Å². The van der Waals surface area contributed by atoms with E-state index in [1.54, 1.807) is 70.7 Å². The summed E-state index contributed by atoms with van der Waals surface area (Å²) in [6.45, 7) is 10.2. The van der Waals surface area contributed by atoms with Crippen LogP contribution >= 0.6 is 27.0 Å². The molecule has 0 spiro atoms. The molecule has 4 aliphatic rings. The number of ether oxygens (including phenoxy) is 4. The first-order valence-corrected chi connectivity index (χ1v) is 24.0. The van der Waals surface area contributed by atoms with Crippen molar-refractivity contribution < 1.29 is 47.5 Å². The number of nitrogens with zero attached hydrogens (tertiary/aromatic N) is 8. The second kappa shape index (κ2) is 24.7. The van der Waals surface area contributed by atoms with Gasteiger partial charge in [-0.1, -0.05) is 12.1 Å². The summed E-state index contributed by atoms with van der Waals surface area (Å²) in [5, 5.41) is 19.4. The Kier molecular flexibility index (Phi) is 18.5. The molecule has 2 aromatic heterocycles. The van der Waals surface area contributed by atoms with Crippen LogP contribution in [0.2, 0.25) is 0 Å². The number of rotatable bonds is 12. The maximum absolute atomic E-state index is 13.8. The van der Waals surface area contributed by atoms with Gasteiger partial charge in [0.15, 0.2) is 0 Å². The summed E-state index contributed by atoms with van der Waals surface area (Å²) in [4.78, 5) is 53.6. The lowest BCUT2D eigenvalue weighted by Crippen LogP contribution is -2.37. The Labute approximate surface area is 431 Å². The molecule has 6 aromatic rings. The Morgan fingerprint density at radius 2 is 1.03 bits per heavy atom. The van der Waals surface area contributed by atoms with Crippen molar-refractivity contribution >= 4 is 72.5 Å². The summed E-state index contributed by atoms with van der Waals surface area (Å²) in [6.07, 6.45) is 5.68. The fourth-order valence-electron chi connectivity index (χ4n) is 9.55. The van der Waals surface area contributed by atoms with E-state index in [1.807, 2.05) is 13.8 Å². The summed E-state index contributed by atoms with van der Waals surface area (Å²) in [5.41, 5.74) is 4.75. The van der Waals surface area contributed by atoms with Crippen LogP contribution in [0.1, 0.15) is 83.6 Å². The molecule has 2 amide bonds. The number of carbonyl (C=O) groups excluding carboxylic acids is 2. The van der Waals surface area contributed by atoms with E-state index in [2.05, 4.69) is 19.8 Å². The molecule has 10 rings (SSSR count). The number of halogens is 2. The van der Waals surface area contributed by atoms with Crippen LogP contribution in [0.15, 0.2) is 85.2 Å². The third kappa shape index (κ3) is 12.3. The van der Waals surface area contributed by atoms with Crippen LogP contribution in [0.5, 0.6) is 11.5 Å². The number of hydrogen-bond donors (Lipinski definition) is 2. The van der Waals surface area contributed by atoms with Crippen LogP contribution in [0.3, 0.4) is 0 Å². The van der Waals surface area contributed by atoms with Crippen molar-refractivity contribution in [3.63, 3.8) is 0 Å². The topological polar surface area (TPSA) is 176 Å². The Bertz CT molecular complexity index is 2640. The molecule has 384 valence electrons. The van der Waals surface area contributed by atoms with Gasteiger partial charge in [-0.2, -0.15) is 27.0 Å². The third-order valence-electron chi connectivity index (χ3n) is 13.3. The van der Waals surface area contributed by atoms with Crippen molar-refractivity contribution in [3.8, 4) is 11.5 Å². The molecule has 16 nitrogen and oxygen atoms in total. The van der Waals surface area contributed by atoms with E-state index in [0.29, 0.717) is 95.3 Å². The number of morpholine rings is 2. The van der Waals surface area contributed by atoms with Gasteiger partial charge >= 0.3 is 0 Å². The summed E-state index contributed by atoms with van der Waals surface area (Å²) in [5.74, 6) is 1.17. The molecule has 0 bridgehead atoms. The van der Waals surface area contributed by atoms with Gasteiger partial charge in [-0.15, -0.1) is 0 Å². The molecule has 4 aliphatic heterocycles. The van der Waals surface area contributed by atoms with Crippen molar-refractivity contribution in [2.24, 2.45) is 0 Å². The number of fused-ring (bicyclic) bond motifs is 2. The van der Waals surface area contributed by atoms with Crippen molar-refractivity contribution in [2.75, 3.05) is 88.7 Å². The second-order valence-electron chi connectivity index (χ2n) is 17.9. The van der Waals surface area contributed by atoms with Gasteiger partial charge in [-0.3, -0.25) is 19.6 Å². The number of benzene rings is 4. The average molecular weight is 1030 g/mol. The molecular formula is C52H62F2N8O8S2. The molecule has 0 aliphatic carbocycles. The average Bonchev–Trinajstić information content (AvgIpc) is 4.08. The zero-order chi connectivity index (χ0) is 48.7. The van der Waals surface area contributed by atoms with Crippen LogP contribution in [0, 0.1) is 11.6 Å². The van der Waals surface area contributed by atoms with Gasteiger partial charge < -0.3 is 48.8 Å². The highest BCUT2D eigenvalue weighted by Gasteiger charge is 2.32. The molecule has 4 atom stereocenters. The number of likely N-dealkylation sites (tertiary alicyclic amines) is 2. The molecule has 0 radical (unpaired) electrons. The molecule has 6 heterocycles. The first-order valence-electron chi connectivity index (χ1n) is 24.0. The molecule has 2 unspecified atom stereocenters. The van der Waals surface area contributed by atoms with Gasteiger partial charge in [-0.05, 0) is 88.1 Å². The van der Waals surface area contributed by atoms with E-state index < -0.39 is 12.2 Å². The summed E-state index contributed by atoms with van der Waals surface area (Å²) in [7, 11) is 0. The normalized spacial score (nSPS) is 18.7. The second-order valence-corrected chi connectivity index (χ2v) is 17.9. The van der Waals surface area contributed by atoms with Gasteiger partial charge in [-0.25, -0.2) is 18.7 Å². The monoisotopic (exact) mass is 1030 g/mol. The van der Waals surface area contributed by atoms with Crippen molar-refractivity contribution in [1.29, 1.82) is 0 Å². The largest absolute Gasteiger partial charge is 0.486 e. The minimum absolute atomic E-state index is 0. The summed E-state index contributed by atoms with van der Waals surface area (Å²) >= 11 is 0. The Hall–Kier alpha value is -5.90. The highest BCUT2D eigenvalue weighted by molar-refractivity contribution is 7.59. The molecule has 4 saturated heterocycles. The minimum atomic E-state index is -0.520. The number of aliphatic hydroxyl groups is 2. The number of aliphatic hydroxyl groups excluding tert-OH is 2. The highest BCUT2D eigenvalue weighted by Crippen LogP contribution is 2.33. The first kappa shape index (κ1) is 53.9. The lowest BCUT2D eigenvalue weighted by atomic mass is 10.0. The number of amides is 2. The Morgan fingerprint density at radius 3 is 1.40 bits per heavy atom. The quantitative estimate of drug-likeness (QED) is 0.129. The van der Waals surface area contributed by atoms with E-state index >= 15 is 0 Å². The van der Waals surface area contributed by atoms with E-state index in [9.17, 15) is 28.6 Å². The van der Waals surface area contributed by atoms with Gasteiger partial charge in [0.25, 0.3) is 11.8 Å². The lowest BCUT2D eigenvalue weighted by Gasteiger charge is -2.28. The zero-order valence-corrected chi connectivity index (χ0v) is 42.4. The van der Waals surface area contributed by atoms with Gasteiger partial charge in [0, 0.05) is 73.7 Å². The van der Waals surface area contributed by atoms with Crippen molar-refractivity contribution in [2.45, 2.75) is 63.8 Å². The van der Waals surface area contributed by atoms with Gasteiger partial charge in [0.1, 0.15) is 47.0 Å². The summed E-state index contributed by atoms with van der Waals surface area (Å²) in [6, 6.07) is 18.7. The standard InChI is InChI=1S/2C26H29FN4O4.2H2S/c2*1-17(35-21-6-2-4-19(27)14-21)22-12-18(26(33)31-7-3-5-20(31)16-32)13-23-25(22)29-24(15-28-23)30-8-10-34-11-9-30;;/h2*2,4,6,12-15,17,20,32H,3,5,7-11,16H2,1H3;2*1H2/t2*17?,20-;;/m00../s1. The maximum atomic E-state index is 13.8. The van der Waals surface area contributed by atoms with E-state index in [4.69, 9.17) is 28.9 Å². The predicted molar refractivity (Wildman–Crippen MR) is 279 cm³/mol. The van der Waals surface area contributed by atoms with Crippen molar-refractivity contribution in [1.82, 2.24) is 29.7 Å². The molecule has 2 N–H and O–H groups in total. The number of carbonyl (C=O) groups is 2. The first-order chi connectivity index (χ1) is 34.1. The maximum Gasteiger partial charge on any atom is 0.254 e. The van der Waals surface area contributed by atoms with Crippen molar-refractivity contribution in [3.05, 3.63) is 119 Å². The zero-order valence-electron chi connectivity index (χ0n) is 40.4. The SMILES string of the molecule is CC(Oc1cccc(F)c1)c1cc(C(=O)N2CCC[C@H]2CO)cc2ncc(N3CCOCC3)nc12.CC(Oc1cccc(F)c1)c1cc(C(=O)N2CCC[C@H]2CO)cc2ncc(N3CCOCC3)nc12.S.S. The van der Waals surface area contributed by atoms with Crippen LogP contribution in [-0.4, -0.2) is 143 Å². The molecule has 4 aromatic carbocycles. The predicted octanol–water partition coefficient (Wildman–Crippen LogP) is 6.91. The fraction of sp³-hybridized carbons (Fsp3) is 0.423. The van der Waals surface area contributed by atoms with Crippen LogP contribution < -0.4 is 19.3 Å². The lowest BCUT2D eigenvalue weighted by molar-refractivity contribution is 0.0671. The van der Waals surface area contributed by atoms with Crippen LogP contribution in [0.4, 0.5) is 20.4 Å². The molecular weight excluding hydrogens is 967 g/mol. The van der Waals surface area contributed by atoms with Gasteiger partial charge in [0.2, 0.25) is 0 Å². The molecule has 72 heavy (non-hydrogen) atoms. The van der Waals surface area contributed by atoms with E-state index in [1.165, 1.54) is 24.3 Å². The van der Waals surface area contributed by atoms with Crippen LogP contribution in [0.25, 0.3) is 22.1 Å². The molecule has 20 heteroatoms. The van der Waals surface area contributed by atoms with E-state index in [-0.39, 0.29) is 75.7 Å². The highest BCUT2D eigenvalue weighted by atomic mass is 32.1.